The second-order valence-electron chi connectivity index (χ2n) is 5.65. The number of nitrogens with zero attached hydrogens (tertiary/aromatic N) is 2. The van der Waals surface area contributed by atoms with Crippen LogP contribution in [0.3, 0.4) is 0 Å². The second-order valence-corrected chi connectivity index (χ2v) is 6.06. The number of carbonyl (C=O) groups is 1. The minimum Gasteiger partial charge on any atom is -0.361 e. The number of hydrogen-bond acceptors (Lipinski definition) is 3. The molecule has 0 fully saturated rings. The van der Waals surface area contributed by atoms with E-state index in [2.05, 4.69) is 5.16 Å². The number of aryl methyl sites for hydroxylation is 1. The first-order chi connectivity index (χ1) is 11.3. The summed E-state index contributed by atoms with van der Waals surface area (Å²) in [5, 5.41) is 3.36. The van der Waals surface area contributed by atoms with Crippen LogP contribution in [0.15, 0.2) is 28.9 Å². The fraction of sp³-hybridized carbons (Fsp3) is 0.375. The van der Waals surface area contributed by atoms with Gasteiger partial charge in [-0.15, -0.1) is 0 Å². The molecule has 1 aliphatic heterocycles. The van der Waals surface area contributed by atoms with Crippen molar-refractivity contribution in [1.82, 2.24) is 10.1 Å². The van der Waals surface area contributed by atoms with Crippen LogP contribution in [0.1, 0.15) is 28.9 Å². The molecule has 0 aliphatic carbocycles. The maximum absolute atomic E-state index is 12.9. The van der Waals surface area contributed by atoms with E-state index in [0.717, 1.165) is 17.4 Å². The standard InChI is InChI=1S/C16H14ClF3N2O2/c17-13-3-1-10(7-12(13)16(18,19)20)2-4-15(23)22-6-5-14-11(9-22)8-21-24-14/h1,3,7-8H,2,4-6,9H2. The summed E-state index contributed by atoms with van der Waals surface area (Å²) in [6.45, 7) is 0.946. The van der Waals surface area contributed by atoms with Gasteiger partial charge < -0.3 is 9.42 Å². The highest BCUT2D eigenvalue weighted by Gasteiger charge is 2.33. The zero-order chi connectivity index (χ0) is 17.3. The average molecular weight is 359 g/mol. The van der Waals surface area contributed by atoms with Crippen LogP contribution in [0.4, 0.5) is 13.2 Å². The molecule has 0 spiro atoms. The normalized spacial score (nSPS) is 14.6. The molecule has 1 aliphatic rings. The SMILES string of the molecule is O=C(CCc1ccc(Cl)c(C(F)(F)F)c1)N1CCc2oncc2C1. The molecule has 2 aromatic rings. The van der Waals surface area contributed by atoms with Crippen LogP contribution in [0.25, 0.3) is 0 Å². The number of rotatable bonds is 3. The smallest absolute Gasteiger partial charge is 0.361 e. The number of fused-ring (bicyclic) bond motifs is 1. The highest BCUT2D eigenvalue weighted by Crippen LogP contribution is 2.35. The van der Waals surface area contributed by atoms with Gasteiger partial charge in [0.2, 0.25) is 5.91 Å². The Bertz CT molecular complexity index is 758. The summed E-state index contributed by atoms with van der Waals surface area (Å²) in [7, 11) is 0. The van der Waals surface area contributed by atoms with E-state index in [1.54, 1.807) is 11.1 Å². The third kappa shape index (κ3) is 3.56. The van der Waals surface area contributed by atoms with E-state index < -0.39 is 11.7 Å². The number of halogens is 4. The van der Waals surface area contributed by atoms with Crippen LogP contribution < -0.4 is 0 Å². The van der Waals surface area contributed by atoms with Gasteiger partial charge in [-0.1, -0.05) is 22.8 Å². The molecule has 4 nitrogen and oxygen atoms in total. The monoisotopic (exact) mass is 358 g/mol. The van der Waals surface area contributed by atoms with Gasteiger partial charge in [-0.3, -0.25) is 4.79 Å². The third-order valence-corrected chi connectivity index (χ3v) is 4.35. The Morgan fingerprint density at radius 1 is 1.38 bits per heavy atom. The summed E-state index contributed by atoms with van der Waals surface area (Å²) in [4.78, 5) is 13.9. The minimum atomic E-state index is -4.51. The van der Waals surface area contributed by atoms with Gasteiger partial charge in [-0.05, 0) is 24.1 Å². The van der Waals surface area contributed by atoms with E-state index in [-0.39, 0.29) is 23.8 Å². The zero-order valence-corrected chi connectivity index (χ0v) is 13.3. The van der Waals surface area contributed by atoms with E-state index in [0.29, 0.717) is 25.1 Å². The van der Waals surface area contributed by atoms with E-state index in [4.69, 9.17) is 16.1 Å². The van der Waals surface area contributed by atoms with Crippen molar-refractivity contribution >= 4 is 17.5 Å². The molecule has 1 amide bonds. The average Bonchev–Trinajstić information content (AvgIpc) is 3.00. The van der Waals surface area contributed by atoms with Crippen LogP contribution in [-0.2, 0) is 30.4 Å². The number of aromatic nitrogens is 1. The first-order valence-corrected chi connectivity index (χ1v) is 7.78. The molecular formula is C16H14ClF3N2O2. The number of benzene rings is 1. The van der Waals surface area contributed by atoms with Crippen molar-refractivity contribution in [2.45, 2.75) is 32.0 Å². The molecule has 0 saturated heterocycles. The minimum absolute atomic E-state index is 0.106. The highest BCUT2D eigenvalue weighted by molar-refractivity contribution is 6.31. The predicted molar refractivity (Wildman–Crippen MR) is 80.4 cm³/mol. The van der Waals surface area contributed by atoms with Crippen LogP contribution in [0, 0.1) is 0 Å². The maximum atomic E-state index is 12.9. The molecule has 2 heterocycles. The molecule has 1 aromatic heterocycles. The van der Waals surface area contributed by atoms with Crippen molar-refractivity contribution in [1.29, 1.82) is 0 Å². The molecular weight excluding hydrogens is 345 g/mol. The van der Waals surface area contributed by atoms with Gasteiger partial charge in [0, 0.05) is 24.9 Å². The van der Waals surface area contributed by atoms with Crippen LogP contribution in [-0.4, -0.2) is 22.5 Å². The second kappa shape index (κ2) is 6.47. The summed E-state index contributed by atoms with van der Waals surface area (Å²) in [5.74, 6) is 0.678. The van der Waals surface area contributed by atoms with Crippen LogP contribution >= 0.6 is 11.6 Å². The summed E-state index contributed by atoms with van der Waals surface area (Å²) >= 11 is 5.59. The Hall–Kier alpha value is -2.02. The lowest BCUT2D eigenvalue weighted by atomic mass is 10.0. The predicted octanol–water partition coefficient (Wildman–Crippen LogP) is 3.86. The Morgan fingerprint density at radius 3 is 2.92 bits per heavy atom. The van der Waals surface area contributed by atoms with E-state index in [1.807, 2.05) is 0 Å². The summed E-state index contributed by atoms with van der Waals surface area (Å²) in [5.41, 5.74) is 0.435. The van der Waals surface area contributed by atoms with Crippen LogP contribution in [0.5, 0.6) is 0 Å². The lowest BCUT2D eigenvalue weighted by Crippen LogP contribution is -2.35. The highest BCUT2D eigenvalue weighted by atomic mass is 35.5. The summed E-state index contributed by atoms with van der Waals surface area (Å²) < 4.78 is 43.6. The van der Waals surface area contributed by atoms with Crippen LogP contribution in [0.2, 0.25) is 5.02 Å². The Kier molecular flexibility index (Phi) is 4.54. The Morgan fingerprint density at radius 2 is 2.17 bits per heavy atom. The number of amides is 1. The molecule has 0 N–H and O–H groups in total. The molecule has 3 rings (SSSR count). The van der Waals surface area contributed by atoms with Crippen molar-refractivity contribution in [3.05, 3.63) is 51.9 Å². The van der Waals surface area contributed by atoms with Crippen molar-refractivity contribution in [2.24, 2.45) is 0 Å². The van der Waals surface area contributed by atoms with E-state index in [1.165, 1.54) is 12.1 Å². The molecule has 1 aromatic carbocycles. The van der Waals surface area contributed by atoms with Gasteiger partial charge >= 0.3 is 6.18 Å². The summed E-state index contributed by atoms with van der Waals surface area (Å²) in [6.07, 6.45) is -1.95. The maximum Gasteiger partial charge on any atom is 0.417 e. The Balaban J connectivity index is 1.63. The number of hydrogen-bond donors (Lipinski definition) is 0. The zero-order valence-electron chi connectivity index (χ0n) is 12.6. The van der Waals surface area contributed by atoms with Gasteiger partial charge in [-0.25, -0.2) is 0 Å². The van der Waals surface area contributed by atoms with Crippen molar-refractivity contribution in [3.63, 3.8) is 0 Å². The fourth-order valence-corrected chi connectivity index (χ4v) is 2.93. The lowest BCUT2D eigenvalue weighted by molar-refractivity contribution is -0.137. The molecule has 128 valence electrons. The Labute approximate surface area is 141 Å². The molecule has 0 saturated carbocycles. The molecule has 0 atom stereocenters. The fourth-order valence-electron chi connectivity index (χ4n) is 2.71. The van der Waals surface area contributed by atoms with Gasteiger partial charge in [0.05, 0.1) is 23.3 Å². The molecule has 0 radical (unpaired) electrons. The van der Waals surface area contributed by atoms with E-state index >= 15 is 0 Å². The van der Waals surface area contributed by atoms with Crippen molar-refractivity contribution < 1.29 is 22.5 Å². The van der Waals surface area contributed by atoms with Crippen molar-refractivity contribution in [2.75, 3.05) is 6.54 Å². The van der Waals surface area contributed by atoms with Gasteiger partial charge in [0.15, 0.2) is 0 Å². The third-order valence-electron chi connectivity index (χ3n) is 4.02. The molecule has 24 heavy (non-hydrogen) atoms. The number of carbonyl (C=O) groups excluding carboxylic acids is 1. The first kappa shape index (κ1) is 16.8. The molecule has 0 bridgehead atoms. The number of alkyl halides is 3. The largest absolute Gasteiger partial charge is 0.417 e. The molecule has 8 heteroatoms. The first-order valence-electron chi connectivity index (χ1n) is 7.40. The van der Waals surface area contributed by atoms with E-state index in [9.17, 15) is 18.0 Å². The summed E-state index contributed by atoms with van der Waals surface area (Å²) in [6, 6.07) is 3.73. The van der Waals surface area contributed by atoms with Gasteiger partial charge in [-0.2, -0.15) is 13.2 Å². The quantitative estimate of drug-likeness (QED) is 0.837. The lowest BCUT2D eigenvalue weighted by Gasteiger charge is -2.25. The molecule has 0 unspecified atom stereocenters. The van der Waals surface area contributed by atoms with Gasteiger partial charge in [0.25, 0.3) is 0 Å². The van der Waals surface area contributed by atoms with Gasteiger partial charge in [0.1, 0.15) is 5.76 Å². The topological polar surface area (TPSA) is 46.3 Å². The van der Waals surface area contributed by atoms with Crippen molar-refractivity contribution in [3.8, 4) is 0 Å².